The molecule has 0 N–H and O–H groups in total. The zero-order valence-corrected chi connectivity index (χ0v) is 41.7. The fraction of sp³-hybridized carbons (Fsp3) is 0.875. The first-order chi connectivity index (χ1) is 30.5. The first-order valence-corrected chi connectivity index (χ1v) is 27.3. The van der Waals surface area contributed by atoms with E-state index < -0.39 is 6.10 Å². The first-order valence-electron chi connectivity index (χ1n) is 27.3. The van der Waals surface area contributed by atoms with Crippen molar-refractivity contribution < 1.29 is 28.6 Å². The number of carbonyl (C=O) groups is 3. The maximum absolute atomic E-state index is 12.8. The number of carbonyl (C=O) groups excluding carboxylic acids is 3. The smallest absolute Gasteiger partial charge is 0.306 e. The van der Waals surface area contributed by atoms with Crippen LogP contribution in [0.1, 0.15) is 297 Å². The van der Waals surface area contributed by atoms with Crippen LogP contribution in [0.4, 0.5) is 0 Å². The second-order valence-corrected chi connectivity index (χ2v) is 18.5. The predicted molar refractivity (Wildman–Crippen MR) is 266 cm³/mol. The van der Waals surface area contributed by atoms with Gasteiger partial charge in [-0.05, 0) is 51.4 Å². The lowest BCUT2D eigenvalue weighted by Crippen LogP contribution is -2.30. The van der Waals surface area contributed by atoms with Crippen LogP contribution in [0.5, 0.6) is 0 Å². The van der Waals surface area contributed by atoms with Gasteiger partial charge >= 0.3 is 17.9 Å². The summed E-state index contributed by atoms with van der Waals surface area (Å²) in [5, 5.41) is 0. The van der Waals surface area contributed by atoms with Gasteiger partial charge in [0.05, 0.1) is 0 Å². The maximum atomic E-state index is 12.8. The summed E-state index contributed by atoms with van der Waals surface area (Å²) in [6.45, 7) is 6.65. The Kier molecular flexibility index (Phi) is 49.8. The van der Waals surface area contributed by atoms with Gasteiger partial charge < -0.3 is 14.2 Å². The molecule has 1 atom stereocenters. The molecular weight excluding hydrogens is 769 g/mol. The summed E-state index contributed by atoms with van der Waals surface area (Å²) in [4.78, 5) is 38.0. The minimum Gasteiger partial charge on any atom is -0.462 e. The third kappa shape index (κ3) is 48.9. The minimum atomic E-state index is -0.771. The van der Waals surface area contributed by atoms with Crippen molar-refractivity contribution in [3.8, 4) is 0 Å². The van der Waals surface area contributed by atoms with Gasteiger partial charge in [0.1, 0.15) is 13.2 Å². The van der Waals surface area contributed by atoms with E-state index in [0.29, 0.717) is 19.3 Å². The van der Waals surface area contributed by atoms with E-state index in [2.05, 4.69) is 45.1 Å². The molecule has 0 aromatic heterocycles. The molecule has 0 aromatic rings. The summed E-state index contributed by atoms with van der Waals surface area (Å²) in [6.07, 6.45) is 58.7. The van der Waals surface area contributed by atoms with Crippen molar-refractivity contribution in [1.29, 1.82) is 0 Å². The topological polar surface area (TPSA) is 78.9 Å². The van der Waals surface area contributed by atoms with Gasteiger partial charge in [-0.3, -0.25) is 14.4 Å². The Bertz CT molecular complexity index is 1000. The average Bonchev–Trinajstić information content (AvgIpc) is 3.27. The largest absolute Gasteiger partial charge is 0.462 e. The number of hydrogen-bond donors (Lipinski definition) is 0. The first kappa shape index (κ1) is 59.9. The fourth-order valence-electron chi connectivity index (χ4n) is 8.06. The molecule has 0 heterocycles. The Hall–Kier alpha value is -2.11. The van der Waals surface area contributed by atoms with Crippen molar-refractivity contribution in [3.63, 3.8) is 0 Å². The lowest BCUT2D eigenvalue weighted by molar-refractivity contribution is -0.167. The van der Waals surface area contributed by atoms with E-state index in [1.165, 1.54) is 180 Å². The van der Waals surface area contributed by atoms with Gasteiger partial charge in [-0.25, -0.2) is 0 Å². The zero-order valence-electron chi connectivity index (χ0n) is 41.7. The van der Waals surface area contributed by atoms with E-state index in [1.54, 1.807) is 0 Å². The van der Waals surface area contributed by atoms with E-state index in [9.17, 15) is 14.4 Å². The molecule has 0 aliphatic rings. The van der Waals surface area contributed by atoms with Crippen molar-refractivity contribution in [1.82, 2.24) is 0 Å². The van der Waals surface area contributed by atoms with E-state index in [4.69, 9.17) is 14.2 Å². The van der Waals surface area contributed by atoms with Crippen molar-refractivity contribution in [3.05, 3.63) is 24.3 Å². The normalized spacial score (nSPS) is 12.1. The summed E-state index contributed by atoms with van der Waals surface area (Å²) in [5.41, 5.74) is 0. The highest BCUT2D eigenvalue weighted by molar-refractivity contribution is 5.71. The molecule has 0 amide bonds. The van der Waals surface area contributed by atoms with E-state index in [1.807, 2.05) is 0 Å². The number of allylic oxidation sites excluding steroid dienone is 4. The summed E-state index contributed by atoms with van der Waals surface area (Å²) >= 11 is 0. The maximum Gasteiger partial charge on any atom is 0.306 e. The second-order valence-electron chi connectivity index (χ2n) is 18.5. The predicted octanol–water partition coefficient (Wildman–Crippen LogP) is 17.9. The van der Waals surface area contributed by atoms with E-state index >= 15 is 0 Å². The van der Waals surface area contributed by atoms with Crippen LogP contribution in [0.25, 0.3) is 0 Å². The Morgan fingerprint density at radius 1 is 0.323 bits per heavy atom. The van der Waals surface area contributed by atoms with Gasteiger partial charge in [-0.2, -0.15) is 0 Å². The molecule has 0 rings (SSSR count). The van der Waals surface area contributed by atoms with Crippen molar-refractivity contribution >= 4 is 17.9 Å². The lowest BCUT2D eigenvalue weighted by Gasteiger charge is -2.18. The van der Waals surface area contributed by atoms with Crippen LogP contribution in [0.15, 0.2) is 24.3 Å². The molecule has 0 aromatic carbocycles. The Balaban J connectivity index is 4.35. The van der Waals surface area contributed by atoms with Crippen LogP contribution < -0.4 is 0 Å². The highest BCUT2D eigenvalue weighted by Gasteiger charge is 2.19. The molecule has 6 heteroatoms. The van der Waals surface area contributed by atoms with Crippen LogP contribution >= 0.6 is 0 Å². The van der Waals surface area contributed by atoms with Crippen LogP contribution in [-0.4, -0.2) is 37.2 Å². The average molecular weight is 873 g/mol. The SMILES string of the molecule is CCCCCC/C=C\C/C=C\CCCCCCCC(=O)OCC(COC(=O)CCCCCCCCCCCCCCCC)OC(=O)CCCCCCCCCCCCCCCC. The molecular formula is C56H104O6. The van der Waals surface area contributed by atoms with Gasteiger partial charge in [-0.15, -0.1) is 0 Å². The van der Waals surface area contributed by atoms with Gasteiger partial charge in [-0.1, -0.05) is 251 Å². The number of unbranched alkanes of at least 4 members (excludes halogenated alkanes) is 35. The van der Waals surface area contributed by atoms with Crippen LogP contribution in [0.2, 0.25) is 0 Å². The molecule has 62 heavy (non-hydrogen) atoms. The molecule has 0 aliphatic carbocycles. The number of hydrogen-bond acceptors (Lipinski definition) is 6. The lowest BCUT2D eigenvalue weighted by atomic mass is 10.0. The van der Waals surface area contributed by atoms with Crippen LogP contribution in [0.3, 0.4) is 0 Å². The molecule has 1 unspecified atom stereocenters. The monoisotopic (exact) mass is 873 g/mol. The van der Waals surface area contributed by atoms with Crippen molar-refractivity contribution in [2.75, 3.05) is 13.2 Å². The standard InChI is InChI=1S/C56H104O6/c1-4-7-10-13-16-19-22-25-28-29-32-34-37-40-43-46-49-55(58)61-52-53(62-56(59)50-47-44-41-38-35-31-27-24-21-18-15-12-9-6-3)51-60-54(57)48-45-42-39-36-33-30-26-23-20-17-14-11-8-5-2/h19,22,28-29,53H,4-18,20-21,23-27,30-52H2,1-3H3/b22-19-,29-28-. The molecule has 0 spiro atoms. The van der Waals surface area contributed by atoms with Crippen molar-refractivity contribution in [2.24, 2.45) is 0 Å². The highest BCUT2D eigenvalue weighted by atomic mass is 16.6. The Labute approximate surface area is 385 Å². The summed E-state index contributed by atoms with van der Waals surface area (Å²) in [6, 6.07) is 0. The Morgan fingerprint density at radius 3 is 0.903 bits per heavy atom. The third-order valence-corrected chi connectivity index (χ3v) is 12.2. The van der Waals surface area contributed by atoms with Crippen LogP contribution in [-0.2, 0) is 28.6 Å². The van der Waals surface area contributed by atoms with Crippen LogP contribution in [0, 0.1) is 0 Å². The van der Waals surface area contributed by atoms with E-state index in [0.717, 1.165) is 77.0 Å². The fourth-order valence-corrected chi connectivity index (χ4v) is 8.06. The number of ether oxygens (including phenoxy) is 3. The minimum absolute atomic E-state index is 0.0705. The van der Waals surface area contributed by atoms with E-state index in [-0.39, 0.29) is 31.1 Å². The zero-order chi connectivity index (χ0) is 45.1. The molecule has 6 nitrogen and oxygen atoms in total. The summed E-state index contributed by atoms with van der Waals surface area (Å²) in [7, 11) is 0. The summed E-state index contributed by atoms with van der Waals surface area (Å²) < 4.78 is 16.8. The number of esters is 3. The summed E-state index contributed by atoms with van der Waals surface area (Å²) in [5.74, 6) is -0.867. The molecule has 0 aliphatic heterocycles. The molecule has 0 fully saturated rings. The van der Waals surface area contributed by atoms with Gasteiger partial charge in [0.15, 0.2) is 6.10 Å². The molecule has 0 bridgehead atoms. The number of rotatable bonds is 50. The molecule has 0 saturated carbocycles. The Morgan fingerprint density at radius 2 is 0.581 bits per heavy atom. The van der Waals surface area contributed by atoms with Gasteiger partial charge in [0.25, 0.3) is 0 Å². The van der Waals surface area contributed by atoms with Gasteiger partial charge in [0, 0.05) is 19.3 Å². The van der Waals surface area contributed by atoms with Crippen molar-refractivity contribution in [2.45, 2.75) is 303 Å². The quantitative estimate of drug-likeness (QED) is 0.0262. The highest BCUT2D eigenvalue weighted by Crippen LogP contribution is 2.16. The third-order valence-electron chi connectivity index (χ3n) is 12.2. The second kappa shape index (κ2) is 51.5. The molecule has 364 valence electrons. The molecule has 0 radical (unpaired) electrons. The van der Waals surface area contributed by atoms with Gasteiger partial charge in [0.2, 0.25) is 0 Å². The molecule has 0 saturated heterocycles.